The lowest BCUT2D eigenvalue weighted by Gasteiger charge is -2.32. The van der Waals surface area contributed by atoms with Gasteiger partial charge in [-0.25, -0.2) is 0 Å². The summed E-state index contributed by atoms with van der Waals surface area (Å²) in [6.07, 6.45) is 0. The summed E-state index contributed by atoms with van der Waals surface area (Å²) in [5.41, 5.74) is 33.9. The Morgan fingerprint density at radius 2 is 0.386 bits per heavy atom. The highest BCUT2D eigenvalue weighted by Crippen LogP contribution is 2.66. The van der Waals surface area contributed by atoms with Gasteiger partial charge < -0.3 is 9.80 Å². The van der Waals surface area contributed by atoms with Gasteiger partial charge in [0.25, 0.3) is 0 Å². The van der Waals surface area contributed by atoms with Gasteiger partial charge in [0, 0.05) is 33.9 Å². The lowest BCUT2D eigenvalue weighted by Crippen LogP contribution is -2.26. The Labute approximate surface area is 513 Å². The fraction of sp³-hybridized carbons (Fsp3) is 0.0233. The molecule has 14 aromatic carbocycles. The summed E-state index contributed by atoms with van der Waals surface area (Å²) in [4.78, 5) is 4.92. The van der Waals surface area contributed by atoms with Crippen LogP contribution in [0.3, 0.4) is 0 Å². The topological polar surface area (TPSA) is 6.48 Å². The van der Waals surface area contributed by atoms with E-state index in [-0.39, 0.29) is 0 Å². The zero-order chi connectivity index (χ0) is 57.9. The van der Waals surface area contributed by atoms with Crippen LogP contribution < -0.4 is 9.80 Å². The van der Waals surface area contributed by atoms with E-state index in [9.17, 15) is 0 Å². The Morgan fingerprint density at radius 3 is 0.716 bits per heavy atom. The first-order valence-electron chi connectivity index (χ1n) is 30.7. The Balaban J connectivity index is 0.698. The molecule has 0 unspecified atom stereocenters. The van der Waals surface area contributed by atoms with Gasteiger partial charge >= 0.3 is 0 Å². The molecule has 0 aliphatic heterocycles. The fourth-order valence-corrected chi connectivity index (χ4v) is 15.9. The van der Waals surface area contributed by atoms with Gasteiger partial charge in [-0.05, 0) is 172 Å². The predicted octanol–water partition coefficient (Wildman–Crippen LogP) is 22.3. The summed E-state index contributed by atoms with van der Waals surface area (Å²) in [5, 5.41) is 0. The Hall–Kier alpha value is -11.3. The normalized spacial score (nSPS) is 13.4. The van der Waals surface area contributed by atoms with Crippen molar-refractivity contribution < 1.29 is 0 Å². The molecule has 410 valence electrons. The molecule has 0 fully saturated rings. The third-order valence-electron chi connectivity index (χ3n) is 19.5. The number of hydrogen-bond acceptors (Lipinski definition) is 2. The quantitative estimate of drug-likeness (QED) is 0.142. The van der Waals surface area contributed by atoms with Crippen molar-refractivity contribution in [2.45, 2.75) is 10.8 Å². The second kappa shape index (κ2) is 19.6. The van der Waals surface area contributed by atoms with Crippen LogP contribution in [-0.4, -0.2) is 0 Å². The Bertz CT molecular complexity index is 4970. The van der Waals surface area contributed by atoms with Crippen LogP contribution in [0.4, 0.5) is 34.1 Å². The van der Waals surface area contributed by atoms with Crippen LogP contribution in [0, 0.1) is 0 Å². The predicted molar refractivity (Wildman–Crippen MR) is 365 cm³/mol. The average molecular weight is 1120 g/mol. The highest BCUT2D eigenvalue weighted by atomic mass is 15.2. The van der Waals surface area contributed by atoms with Crippen molar-refractivity contribution in [2.75, 3.05) is 9.80 Å². The van der Waals surface area contributed by atoms with E-state index in [1.54, 1.807) is 0 Å². The van der Waals surface area contributed by atoms with Gasteiger partial charge in [-0.15, -0.1) is 0 Å². The molecule has 4 aliphatic carbocycles. The first kappa shape index (κ1) is 50.0. The van der Waals surface area contributed by atoms with Gasteiger partial charge in [0.15, 0.2) is 0 Å². The molecule has 0 aromatic heterocycles. The van der Waals surface area contributed by atoms with Crippen LogP contribution in [0.5, 0.6) is 0 Å². The molecule has 0 heterocycles. The third-order valence-corrected chi connectivity index (χ3v) is 19.5. The zero-order valence-electron chi connectivity index (χ0n) is 48.2. The SMILES string of the molecule is c1ccc(-c2ccc(N(c3ccc(-c4ccc(-c5ccc(N(c6ccccc6)c6cccc7c6-c6ccccc6C76c7ccccc7-c7ccccc76)cc5)cc4)cc3)c3cccc4c3-c3ccccc3C43c4ccccc4-c4ccccc43)cc2)cc1. The van der Waals surface area contributed by atoms with Crippen molar-refractivity contribution in [2.24, 2.45) is 0 Å². The van der Waals surface area contributed by atoms with Crippen molar-refractivity contribution in [3.8, 4) is 77.9 Å². The molecule has 88 heavy (non-hydrogen) atoms. The molecule has 0 saturated heterocycles. The van der Waals surface area contributed by atoms with E-state index >= 15 is 0 Å². The van der Waals surface area contributed by atoms with Crippen LogP contribution in [0.2, 0.25) is 0 Å². The monoisotopic (exact) mass is 1120 g/mol. The molecule has 0 atom stereocenters. The minimum Gasteiger partial charge on any atom is -0.310 e. The number of benzene rings is 14. The highest BCUT2D eigenvalue weighted by Gasteiger charge is 2.54. The molecule has 0 bridgehead atoms. The maximum atomic E-state index is 2.47. The summed E-state index contributed by atoms with van der Waals surface area (Å²) in [6, 6.07) is 126. The second-order valence-electron chi connectivity index (χ2n) is 23.8. The molecule has 0 N–H and O–H groups in total. The van der Waals surface area contributed by atoms with Gasteiger partial charge in [0.05, 0.1) is 22.2 Å². The number of nitrogens with zero attached hydrogens (tertiary/aromatic N) is 2. The summed E-state index contributed by atoms with van der Waals surface area (Å²) in [6.45, 7) is 0. The van der Waals surface area contributed by atoms with Crippen LogP contribution >= 0.6 is 0 Å². The average Bonchev–Trinajstić information content (AvgIpc) is 1.53. The molecule has 0 amide bonds. The van der Waals surface area contributed by atoms with Crippen molar-refractivity contribution in [3.63, 3.8) is 0 Å². The van der Waals surface area contributed by atoms with Gasteiger partial charge in [-0.3, -0.25) is 0 Å². The van der Waals surface area contributed by atoms with Gasteiger partial charge in [-0.1, -0.05) is 279 Å². The molecule has 4 aliphatic rings. The largest absolute Gasteiger partial charge is 0.310 e. The molecule has 14 aromatic rings. The number of hydrogen-bond donors (Lipinski definition) is 0. The highest BCUT2D eigenvalue weighted by molar-refractivity contribution is 6.03. The summed E-state index contributed by atoms with van der Waals surface area (Å²) in [7, 11) is 0. The van der Waals surface area contributed by atoms with E-state index in [0.29, 0.717) is 0 Å². The number of fused-ring (bicyclic) bond motifs is 20. The molecule has 2 nitrogen and oxygen atoms in total. The van der Waals surface area contributed by atoms with Gasteiger partial charge in [0.1, 0.15) is 0 Å². The summed E-state index contributed by atoms with van der Waals surface area (Å²) < 4.78 is 0. The van der Waals surface area contributed by atoms with Crippen LogP contribution in [0.15, 0.2) is 340 Å². The van der Waals surface area contributed by atoms with Gasteiger partial charge in [0.2, 0.25) is 0 Å². The van der Waals surface area contributed by atoms with Crippen LogP contribution in [0.1, 0.15) is 44.5 Å². The molecule has 0 radical (unpaired) electrons. The maximum absolute atomic E-state index is 2.47. The van der Waals surface area contributed by atoms with E-state index in [2.05, 4.69) is 350 Å². The third kappa shape index (κ3) is 7.12. The summed E-state index contributed by atoms with van der Waals surface area (Å²) in [5.74, 6) is 0. The Kier molecular flexibility index (Phi) is 11.2. The smallest absolute Gasteiger partial charge is 0.0726 e. The van der Waals surface area contributed by atoms with Crippen molar-refractivity contribution in [3.05, 3.63) is 384 Å². The second-order valence-corrected chi connectivity index (χ2v) is 23.8. The Morgan fingerprint density at radius 1 is 0.159 bits per heavy atom. The number of rotatable bonds is 9. The fourth-order valence-electron chi connectivity index (χ4n) is 15.9. The maximum Gasteiger partial charge on any atom is 0.0726 e. The molecular weight excluding hydrogens is 1060 g/mol. The lowest BCUT2D eigenvalue weighted by molar-refractivity contribution is 0.794. The zero-order valence-corrected chi connectivity index (χ0v) is 48.2. The lowest BCUT2D eigenvalue weighted by atomic mass is 9.70. The van der Waals surface area contributed by atoms with E-state index in [1.807, 2.05) is 0 Å². The number of para-hydroxylation sites is 1. The van der Waals surface area contributed by atoms with Crippen LogP contribution in [0.25, 0.3) is 77.9 Å². The first-order valence-corrected chi connectivity index (χ1v) is 30.7. The molecule has 18 rings (SSSR count). The van der Waals surface area contributed by atoms with Crippen LogP contribution in [-0.2, 0) is 10.8 Å². The standard InChI is InChI=1S/C86H56N2/c1-3-21-57(22-4-1)60-45-51-65(52-46-60)88(82-40-20-38-80-84(82)72-30-12-18-36-78(72)86(80)75-33-15-9-27-69(75)70-28-10-16-34-76(70)86)66-55-49-62(50-56-66)59-43-41-58(42-44-59)61-47-53-64(54-48-61)87(63-23-5-2-6-24-63)81-39-19-37-79-83(81)71-29-11-17-35-77(71)85(79)73-31-13-7-25-67(73)68-26-8-14-32-74(68)85/h1-56H. The van der Waals surface area contributed by atoms with E-state index < -0.39 is 10.8 Å². The van der Waals surface area contributed by atoms with E-state index in [4.69, 9.17) is 0 Å². The minimum atomic E-state index is -0.448. The van der Waals surface area contributed by atoms with Crippen molar-refractivity contribution in [1.29, 1.82) is 0 Å². The first-order chi connectivity index (χ1) is 43.7. The molecular formula is C86H56N2. The van der Waals surface area contributed by atoms with E-state index in [1.165, 1.54) is 111 Å². The molecule has 2 heteroatoms. The van der Waals surface area contributed by atoms with Crippen molar-refractivity contribution in [1.82, 2.24) is 0 Å². The summed E-state index contributed by atoms with van der Waals surface area (Å²) >= 11 is 0. The van der Waals surface area contributed by atoms with E-state index in [0.717, 1.165) is 45.3 Å². The van der Waals surface area contributed by atoms with Crippen molar-refractivity contribution >= 4 is 34.1 Å². The molecule has 2 spiro atoms. The number of anilines is 6. The van der Waals surface area contributed by atoms with Gasteiger partial charge in [-0.2, -0.15) is 0 Å². The minimum absolute atomic E-state index is 0.427. The molecule has 0 saturated carbocycles.